The van der Waals surface area contributed by atoms with E-state index in [2.05, 4.69) is 62.4 Å². The highest BCUT2D eigenvalue weighted by Gasteiger charge is 2.02. The maximum absolute atomic E-state index is 6.18. The van der Waals surface area contributed by atoms with Gasteiger partial charge in [-0.05, 0) is 61.1 Å². The molecule has 0 unspecified atom stereocenters. The van der Waals surface area contributed by atoms with Crippen molar-refractivity contribution in [3.8, 4) is 11.5 Å². The summed E-state index contributed by atoms with van der Waals surface area (Å²) >= 11 is 0. The van der Waals surface area contributed by atoms with Crippen molar-refractivity contribution in [1.82, 2.24) is 0 Å². The molecule has 1 nitrogen and oxygen atoms in total. The van der Waals surface area contributed by atoms with Crippen molar-refractivity contribution in [3.05, 3.63) is 59.7 Å². The number of benzene rings is 2. The second-order valence-corrected chi connectivity index (χ2v) is 8.43. The fourth-order valence-corrected chi connectivity index (χ4v) is 3.88. The first kappa shape index (κ1) is 23.5. The van der Waals surface area contributed by atoms with Gasteiger partial charge in [0.2, 0.25) is 0 Å². The van der Waals surface area contributed by atoms with Crippen LogP contribution in [0.5, 0.6) is 11.5 Å². The molecule has 0 aliphatic rings. The highest BCUT2D eigenvalue weighted by atomic mass is 16.5. The van der Waals surface area contributed by atoms with Crippen LogP contribution in [0.25, 0.3) is 0 Å². The Morgan fingerprint density at radius 1 is 0.517 bits per heavy atom. The van der Waals surface area contributed by atoms with Crippen LogP contribution in [0.1, 0.15) is 102 Å². The molecular weight excluding hydrogens is 352 g/mol. The van der Waals surface area contributed by atoms with E-state index in [9.17, 15) is 0 Å². The molecule has 0 aromatic heterocycles. The first-order chi connectivity index (χ1) is 14.3. The third-order valence-corrected chi connectivity index (χ3v) is 5.67. The Balaban J connectivity index is 1.76. The molecule has 0 amide bonds. The third kappa shape index (κ3) is 10.5. The van der Waals surface area contributed by atoms with Crippen molar-refractivity contribution < 1.29 is 4.74 Å². The Kier molecular flexibility index (Phi) is 12.3. The number of ether oxygens (including phenoxy) is 1. The topological polar surface area (TPSA) is 9.23 Å². The first-order valence-corrected chi connectivity index (χ1v) is 12.2. The monoisotopic (exact) mass is 394 g/mol. The van der Waals surface area contributed by atoms with Gasteiger partial charge in [-0.2, -0.15) is 0 Å². The van der Waals surface area contributed by atoms with Crippen LogP contribution in [0.3, 0.4) is 0 Å². The van der Waals surface area contributed by atoms with Gasteiger partial charge in [-0.3, -0.25) is 0 Å². The van der Waals surface area contributed by atoms with Gasteiger partial charge in [0.15, 0.2) is 0 Å². The predicted molar refractivity (Wildman–Crippen MR) is 127 cm³/mol. The summed E-state index contributed by atoms with van der Waals surface area (Å²) in [6.45, 7) is 4.55. The Bertz CT molecular complexity index is 603. The zero-order valence-electron chi connectivity index (χ0n) is 18.9. The minimum atomic E-state index is 0.963. The van der Waals surface area contributed by atoms with Crippen molar-refractivity contribution in [3.63, 3.8) is 0 Å². The molecule has 0 fully saturated rings. The van der Waals surface area contributed by atoms with E-state index in [1.165, 1.54) is 88.2 Å². The van der Waals surface area contributed by atoms with Gasteiger partial charge in [-0.25, -0.2) is 0 Å². The van der Waals surface area contributed by atoms with Crippen molar-refractivity contribution in [2.45, 2.75) is 104 Å². The molecule has 160 valence electrons. The smallest absolute Gasteiger partial charge is 0.127 e. The standard InChI is InChI=1S/C28H42O/c1-3-5-7-9-11-13-17-25-19-15-21-27(23-25)29-28-22-16-20-26(24-28)18-14-12-10-8-6-4-2/h15-16,19-24H,3-14,17-18H2,1-2H3. The van der Waals surface area contributed by atoms with Crippen LogP contribution < -0.4 is 4.74 Å². The normalized spacial score (nSPS) is 11.0. The van der Waals surface area contributed by atoms with Crippen LogP contribution in [-0.2, 0) is 12.8 Å². The van der Waals surface area contributed by atoms with E-state index in [-0.39, 0.29) is 0 Å². The summed E-state index contributed by atoms with van der Waals surface area (Å²) in [5.74, 6) is 1.93. The van der Waals surface area contributed by atoms with Gasteiger partial charge in [0.1, 0.15) is 11.5 Å². The minimum absolute atomic E-state index is 0.963. The molecule has 0 atom stereocenters. The molecule has 1 heteroatoms. The van der Waals surface area contributed by atoms with Gasteiger partial charge in [0, 0.05) is 0 Å². The SMILES string of the molecule is CCCCCCCCc1cccc(Oc2cccc(CCCCCCCC)c2)c1. The first-order valence-electron chi connectivity index (χ1n) is 12.2. The van der Waals surface area contributed by atoms with Crippen LogP contribution in [0.15, 0.2) is 48.5 Å². The second kappa shape index (κ2) is 15.1. The Labute approximate surface area is 179 Å². The van der Waals surface area contributed by atoms with E-state index in [4.69, 9.17) is 4.74 Å². The van der Waals surface area contributed by atoms with Gasteiger partial charge < -0.3 is 4.74 Å². The minimum Gasteiger partial charge on any atom is -0.457 e. The summed E-state index contributed by atoms with van der Waals surface area (Å²) in [6.07, 6.45) is 18.4. The number of hydrogen-bond acceptors (Lipinski definition) is 1. The average molecular weight is 395 g/mol. The quantitative estimate of drug-likeness (QED) is 0.258. The predicted octanol–water partition coefficient (Wildman–Crippen LogP) is 9.28. The van der Waals surface area contributed by atoms with Crippen LogP contribution in [0, 0.1) is 0 Å². The van der Waals surface area contributed by atoms with E-state index in [0.717, 1.165) is 24.3 Å². The second-order valence-electron chi connectivity index (χ2n) is 8.43. The molecule has 29 heavy (non-hydrogen) atoms. The van der Waals surface area contributed by atoms with Crippen LogP contribution in [0.4, 0.5) is 0 Å². The molecule has 0 spiro atoms. The van der Waals surface area contributed by atoms with Gasteiger partial charge in [0.25, 0.3) is 0 Å². The maximum Gasteiger partial charge on any atom is 0.127 e. The number of unbranched alkanes of at least 4 members (excludes halogenated alkanes) is 10. The van der Waals surface area contributed by atoms with Crippen molar-refractivity contribution >= 4 is 0 Å². The van der Waals surface area contributed by atoms with Crippen LogP contribution in [-0.4, -0.2) is 0 Å². The van der Waals surface area contributed by atoms with Gasteiger partial charge in [-0.15, -0.1) is 0 Å². The molecule has 0 saturated carbocycles. The third-order valence-electron chi connectivity index (χ3n) is 5.67. The largest absolute Gasteiger partial charge is 0.457 e. The van der Waals surface area contributed by atoms with E-state index in [1.807, 2.05) is 0 Å². The molecule has 0 saturated heterocycles. The molecule has 2 rings (SSSR count). The summed E-state index contributed by atoms with van der Waals surface area (Å²) < 4.78 is 6.18. The molecule has 0 aliphatic heterocycles. The van der Waals surface area contributed by atoms with Gasteiger partial charge >= 0.3 is 0 Å². The number of aryl methyl sites for hydroxylation is 2. The molecule has 0 aliphatic carbocycles. The summed E-state index contributed by atoms with van der Waals surface area (Å²) in [5.41, 5.74) is 2.78. The summed E-state index contributed by atoms with van der Waals surface area (Å²) in [7, 11) is 0. The Hall–Kier alpha value is -1.76. The lowest BCUT2D eigenvalue weighted by Crippen LogP contribution is -1.91. The molecule has 0 bridgehead atoms. The highest BCUT2D eigenvalue weighted by Crippen LogP contribution is 2.24. The maximum atomic E-state index is 6.18. The van der Waals surface area contributed by atoms with Gasteiger partial charge in [-0.1, -0.05) is 102 Å². The molecule has 2 aromatic carbocycles. The van der Waals surface area contributed by atoms with Crippen LogP contribution in [0.2, 0.25) is 0 Å². The van der Waals surface area contributed by atoms with Gasteiger partial charge in [0.05, 0.1) is 0 Å². The average Bonchev–Trinajstić information content (AvgIpc) is 2.74. The Morgan fingerprint density at radius 2 is 0.931 bits per heavy atom. The number of rotatable bonds is 16. The van der Waals surface area contributed by atoms with E-state index in [1.54, 1.807) is 0 Å². The van der Waals surface area contributed by atoms with Crippen molar-refractivity contribution in [2.24, 2.45) is 0 Å². The zero-order valence-corrected chi connectivity index (χ0v) is 18.9. The lowest BCUT2D eigenvalue weighted by Gasteiger charge is -2.10. The van der Waals surface area contributed by atoms with Crippen LogP contribution >= 0.6 is 0 Å². The Morgan fingerprint density at radius 3 is 1.38 bits per heavy atom. The molecule has 0 N–H and O–H groups in total. The van der Waals surface area contributed by atoms with Crippen molar-refractivity contribution in [1.29, 1.82) is 0 Å². The summed E-state index contributed by atoms with van der Waals surface area (Å²) in [4.78, 5) is 0. The summed E-state index contributed by atoms with van der Waals surface area (Å²) in [6, 6.07) is 17.3. The molecular formula is C28H42O. The number of hydrogen-bond donors (Lipinski definition) is 0. The fourth-order valence-electron chi connectivity index (χ4n) is 3.88. The lowest BCUT2D eigenvalue weighted by molar-refractivity contribution is 0.480. The van der Waals surface area contributed by atoms with E-state index < -0.39 is 0 Å². The molecule has 0 radical (unpaired) electrons. The highest BCUT2D eigenvalue weighted by molar-refractivity contribution is 5.36. The van der Waals surface area contributed by atoms with E-state index >= 15 is 0 Å². The molecule has 0 heterocycles. The lowest BCUT2D eigenvalue weighted by atomic mass is 10.0. The fraction of sp³-hybridized carbons (Fsp3) is 0.571. The van der Waals surface area contributed by atoms with Crippen molar-refractivity contribution in [2.75, 3.05) is 0 Å². The summed E-state index contributed by atoms with van der Waals surface area (Å²) in [5, 5.41) is 0. The van der Waals surface area contributed by atoms with E-state index in [0.29, 0.717) is 0 Å². The molecule has 2 aromatic rings. The zero-order chi connectivity index (χ0) is 20.6.